The number of aryl methyl sites for hydroxylation is 1. The van der Waals surface area contributed by atoms with Crippen molar-refractivity contribution in [3.8, 4) is 5.75 Å². The van der Waals surface area contributed by atoms with E-state index in [0.29, 0.717) is 6.61 Å². The van der Waals surface area contributed by atoms with E-state index in [-0.39, 0.29) is 18.1 Å². The summed E-state index contributed by atoms with van der Waals surface area (Å²) >= 11 is 0. The van der Waals surface area contributed by atoms with Crippen LogP contribution in [0.5, 0.6) is 5.75 Å². The van der Waals surface area contributed by atoms with Crippen LogP contribution in [-0.4, -0.2) is 25.2 Å². The Hall–Kier alpha value is -1.55. The van der Waals surface area contributed by atoms with Crippen molar-refractivity contribution in [1.29, 1.82) is 0 Å². The predicted octanol–water partition coefficient (Wildman–Crippen LogP) is 2.75. The van der Waals surface area contributed by atoms with Crippen molar-refractivity contribution in [1.82, 2.24) is 5.32 Å². The number of esters is 1. The maximum Gasteiger partial charge on any atom is 0.322 e. The van der Waals surface area contributed by atoms with Gasteiger partial charge in [-0.15, -0.1) is 0 Å². The van der Waals surface area contributed by atoms with E-state index >= 15 is 0 Å². The number of ether oxygens (including phenoxy) is 2. The first kappa shape index (κ1) is 14.9. The molecule has 2 rings (SSSR count). The smallest absolute Gasteiger partial charge is 0.322 e. The molecule has 20 heavy (non-hydrogen) atoms. The maximum atomic E-state index is 11.8. The van der Waals surface area contributed by atoms with E-state index in [1.54, 1.807) is 0 Å². The Kier molecular flexibility index (Phi) is 5.01. The fourth-order valence-electron chi connectivity index (χ4n) is 2.57. The number of para-hydroxylation sites is 1. The van der Waals surface area contributed by atoms with E-state index in [9.17, 15) is 4.79 Å². The van der Waals surface area contributed by atoms with Gasteiger partial charge in [0, 0.05) is 11.6 Å². The minimum Gasteiger partial charge on any atom is -0.493 e. The highest BCUT2D eigenvalue weighted by molar-refractivity contribution is 5.75. The summed E-state index contributed by atoms with van der Waals surface area (Å²) in [5.41, 5.74) is 2.28. The molecule has 0 aromatic heterocycles. The average Bonchev–Trinajstić information content (AvgIpc) is 2.63. The molecular formula is C16H23NO3. The molecule has 2 atom stereocenters. The molecule has 2 unspecified atom stereocenters. The second-order valence-corrected chi connectivity index (χ2v) is 5.18. The van der Waals surface area contributed by atoms with Crippen molar-refractivity contribution in [2.75, 3.05) is 13.2 Å². The molecule has 1 aliphatic heterocycles. The number of rotatable bonds is 4. The largest absolute Gasteiger partial charge is 0.493 e. The van der Waals surface area contributed by atoms with Gasteiger partial charge in [0.2, 0.25) is 0 Å². The van der Waals surface area contributed by atoms with Gasteiger partial charge in [0.1, 0.15) is 11.8 Å². The summed E-state index contributed by atoms with van der Waals surface area (Å²) in [6.07, 6.45) is 1.93. The molecule has 0 saturated heterocycles. The summed E-state index contributed by atoms with van der Waals surface area (Å²) < 4.78 is 10.9. The topological polar surface area (TPSA) is 47.6 Å². The summed E-state index contributed by atoms with van der Waals surface area (Å²) in [5.74, 6) is 0.755. The first-order chi connectivity index (χ1) is 9.63. The standard InChI is InChI=1S/C16H23NO3/c1-4-19-16(18)12(3)17-14-9-6-10-20-15-11(2)7-5-8-13(14)15/h5,7-8,12,14,17H,4,6,9-10H2,1-3H3. The molecule has 0 fully saturated rings. The van der Waals surface area contributed by atoms with Gasteiger partial charge in [-0.3, -0.25) is 10.1 Å². The Morgan fingerprint density at radius 3 is 3.10 bits per heavy atom. The van der Waals surface area contributed by atoms with Crippen LogP contribution in [0.4, 0.5) is 0 Å². The minimum atomic E-state index is -0.314. The van der Waals surface area contributed by atoms with Gasteiger partial charge in [0.05, 0.1) is 13.2 Å². The lowest BCUT2D eigenvalue weighted by Gasteiger charge is -2.22. The monoisotopic (exact) mass is 277 g/mol. The van der Waals surface area contributed by atoms with Gasteiger partial charge in [-0.1, -0.05) is 18.2 Å². The van der Waals surface area contributed by atoms with Gasteiger partial charge in [0.25, 0.3) is 0 Å². The van der Waals surface area contributed by atoms with Crippen molar-refractivity contribution in [2.45, 2.75) is 45.7 Å². The highest BCUT2D eigenvalue weighted by atomic mass is 16.5. The third-order valence-electron chi connectivity index (χ3n) is 3.59. The zero-order chi connectivity index (χ0) is 14.5. The number of nitrogens with one attached hydrogen (secondary N) is 1. The van der Waals surface area contributed by atoms with Crippen molar-refractivity contribution in [3.63, 3.8) is 0 Å². The summed E-state index contributed by atoms with van der Waals surface area (Å²) in [5, 5.41) is 3.37. The molecule has 1 aromatic carbocycles. The highest BCUT2D eigenvalue weighted by Gasteiger charge is 2.24. The first-order valence-electron chi connectivity index (χ1n) is 7.28. The summed E-state index contributed by atoms with van der Waals surface area (Å²) in [7, 11) is 0. The quantitative estimate of drug-likeness (QED) is 0.860. The third kappa shape index (κ3) is 3.31. The Balaban J connectivity index is 2.16. The zero-order valence-corrected chi connectivity index (χ0v) is 12.4. The third-order valence-corrected chi connectivity index (χ3v) is 3.59. The van der Waals surface area contributed by atoms with Crippen molar-refractivity contribution in [2.24, 2.45) is 0 Å². The molecule has 0 spiro atoms. The molecule has 0 aliphatic carbocycles. The van der Waals surface area contributed by atoms with Crippen LogP contribution in [0.1, 0.15) is 43.9 Å². The highest BCUT2D eigenvalue weighted by Crippen LogP contribution is 2.34. The average molecular weight is 277 g/mol. The Morgan fingerprint density at radius 2 is 2.35 bits per heavy atom. The molecule has 1 aromatic rings. The van der Waals surface area contributed by atoms with E-state index in [4.69, 9.17) is 9.47 Å². The molecule has 4 heteroatoms. The number of benzene rings is 1. The van der Waals surface area contributed by atoms with Gasteiger partial charge in [-0.05, 0) is 39.2 Å². The number of carbonyl (C=O) groups excluding carboxylic acids is 1. The lowest BCUT2D eigenvalue weighted by Crippen LogP contribution is -2.38. The Bertz CT molecular complexity index is 473. The lowest BCUT2D eigenvalue weighted by molar-refractivity contribution is -0.145. The second kappa shape index (κ2) is 6.75. The number of carbonyl (C=O) groups is 1. The van der Waals surface area contributed by atoms with E-state index < -0.39 is 0 Å². The predicted molar refractivity (Wildman–Crippen MR) is 77.9 cm³/mol. The second-order valence-electron chi connectivity index (χ2n) is 5.18. The van der Waals surface area contributed by atoms with Crippen molar-refractivity contribution in [3.05, 3.63) is 29.3 Å². The van der Waals surface area contributed by atoms with Gasteiger partial charge >= 0.3 is 5.97 Å². The van der Waals surface area contributed by atoms with Crippen LogP contribution in [0.2, 0.25) is 0 Å². The van der Waals surface area contributed by atoms with Crippen LogP contribution >= 0.6 is 0 Å². The van der Waals surface area contributed by atoms with Gasteiger partial charge in [-0.2, -0.15) is 0 Å². The van der Waals surface area contributed by atoms with Crippen LogP contribution in [0.3, 0.4) is 0 Å². The molecule has 1 N–H and O–H groups in total. The lowest BCUT2D eigenvalue weighted by atomic mass is 9.99. The molecule has 110 valence electrons. The van der Waals surface area contributed by atoms with Crippen molar-refractivity contribution >= 4 is 5.97 Å². The first-order valence-corrected chi connectivity index (χ1v) is 7.28. The summed E-state index contributed by atoms with van der Waals surface area (Å²) in [4.78, 5) is 11.8. The SMILES string of the molecule is CCOC(=O)C(C)NC1CCCOc2c(C)cccc21. The van der Waals surface area contributed by atoms with Crippen LogP contribution in [0.25, 0.3) is 0 Å². The zero-order valence-electron chi connectivity index (χ0n) is 12.4. The molecule has 0 amide bonds. The van der Waals surface area contributed by atoms with Gasteiger partial charge < -0.3 is 9.47 Å². The number of fused-ring (bicyclic) bond motifs is 1. The molecule has 1 aliphatic rings. The van der Waals surface area contributed by atoms with Gasteiger partial charge in [-0.25, -0.2) is 0 Å². The van der Waals surface area contributed by atoms with E-state index in [1.807, 2.05) is 19.9 Å². The number of hydrogen-bond donors (Lipinski definition) is 1. The molecule has 0 saturated carbocycles. The Morgan fingerprint density at radius 1 is 1.55 bits per heavy atom. The Labute approximate surface area is 120 Å². The van der Waals surface area contributed by atoms with Crippen LogP contribution < -0.4 is 10.1 Å². The molecule has 4 nitrogen and oxygen atoms in total. The molecular weight excluding hydrogens is 254 g/mol. The van der Waals surface area contributed by atoms with Crippen LogP contribution in [-0.2, 0) is 9.53 Å². The normalized spacial score (nSPS) is 19.4. The minimum absolute atomic E-state index is 0.131. The van der Waals surface area contributed by atoms with Crippen LogP contribution in [0.15, 0.2) is 18.2 Å². The summed E-state index contributed by atoms with van der Waals surface area (Å²) in [6.45, 7) is 6.86. The van der Waals surface area contributed by atoms with Crippen LogP contribution in [0, 0.1) is 6.92 Å². The molecule has 0 bridgehead atoms. The fraction of sp³-hybridized carbons (Fsp3) is 0.562. The summed E-state index contributed by atoms with van der Waals surface area (Å²) in [6, 6.07) is 5.98. The van der Waals surface area contributed by atoms with Crippen molar-refractivity contribution < 1.29 is 14.3 Å². The van der Waals surface area contributed by atoms with E-state index in [2.05, 4.69) is 24.4 Å². The van der Waals surface area contributed by atoms with E-state index in [1.165, 1.54) is 0 Å². The number of hydrogen-bond acceptors (Lipinski definition) is 4. The molecule has 0 radical (unpaired) electrons. The molecule has 1 heterocycles. The maximum absolute atomic E-state index is 11.8. The van der Waals surface area contributed by atoms with Gasteiger partial charge in [0.15, 0.2) is 0 Å². The van der Waals surface area contributed by atoms with E-state index in [0.717, 1.165) is 36.3 Å². The fourth-order valence-corrected chi connectivity index (χ4v) is 2.57.